The molecular formula is C19H16O5. The number of phenolic OH excluding ortho intramolecular Hbond substituents is 1. The molecule has 0 saturated carbocycles. The Kier molecular flexibility index (Phi) is 4.46. The zero-order valence-corrected chi connectivity index (χ0v) is 13.6. The van der Waals surface area contributed by atoms with E-state index in [-0.39, 0.29) is 33.4 Å². The summed E-state index contributed by atoms with van der Waals surface area (Å²) in [4.78, 5) is 49.2. The Morgan fingerprint density at radius 3 is 2.12 bits per heavy atom. The van der Waals surface area contributed by atoms with Gasteiger partial charge in [-0.25, -0.2) is 0 Å². The first kappa shape index (κ1) is 17.3. The van der Waals surface area contributed by atoms with Gasteiger partial charge in [-0.15, -0.1) is 0 Å². The van der Waals surface area contributed by atoms with Crippen molar-refractivity contribution >= 4 is 29.2 Å². The normalized spacial score (nSPS) is 13.7. The number of aromatic hydroxyl groups is 1. The summed E-state index contributed by atoms with van der Waals surface area (Å²) in [5, 5.41) is 10.4. The van der Waals surface area contributed by atoms with Crippen LogP contribution >= 0.6 is 0 Å². The van der Waals surface area contributed by atoms with Gasteiger partial charge in [0, 0.05) is 22.3 Å². The average Bonchev–Trinajstić information content (AvgIpc) is 2.50. The van der Waals surface area contributed by atoms with E-state index >= 15 is 0 Å². The van der Waals surface area contributed by atoms with Crippen LogP contribution in [-0.4, -0.2) is 28.2 Å². The van der Waals surface area contributed by atoms with Crippen molar-refractivity contribution in [1.29, 1.82) is 0 Å². The number of benzene rings is 1. The number of fused-ring (bicyclic) bond motifs is 1. The van der Waals surface area contributed by atoms with Gasteiger partial charge >= 0.3 is 0 Å². The maximum atomic E-state index is 12.8. The minimum absolute atomic E-state index is 0.0634. The summed E-state index contributed by atoms with van der Waals surface area (Å²) in [6, 6.07) is 0. The van der Waals surface area contributed by atoms with Crippen molar-refractivity contribution in [3.63, 3.8) is 0 Å². The first-order chi connectivity index (χ1) is 11.3. The molecule has 0 heterocycles. The maximum absolute atomic E-state index is 12.8. The van der Waals surface area contributed by atoms with Crippen LogP contribution in [0.2, 0.25) is 0 Å². The fourth-order valence-corrected chi connectivity index (χ4v) is 2.87. The summed E-state index contributed by atoms with van der Waals surface area (Å²) in [6.07, 6.45) is 5.44. The molecule has 24 heavy (non-hydrogen) atoms. The molecule has 0 fully saturated rings. The second-order valence-electron chi connectivity index (χ2n) is 5.37. The van der Waals surface area contributed by atoms with Crippen molar-refractivity contribution < 1.29 is 24.3 Å². The van der Waals surface area contributed by atoms with Crippen molar-refractivity contribution in [3.8, 4) is 5.75 Å². The molecule has 0 saturated heterocycles. The standard InChI is InChI=1S/C19H16O5/c1-5-7-11-8-13(22)17-15(10(4)21)19(24)14(9(3)20)12(6-2)16(17)18(11)23/h5-8,24H,2H2,1,3-4H3/b7-5+. The molecule has 0 unspecified atom stereocenters. The largest absolute Gasteiger partial charge is 0.506 e. The molecule has 0 bridgehead atoms. The van der Waals surface area contributed by atoms with Crippen molar-refractivity contribution in [2.75, 3.05) is 0 Å². The third-order valence-corrected chi connectivity index (χ3v) is 3.79. The van der Waals surface area contributed by atoms with Crippen LogP contribution in [0.5, 0.6) is 5.75 Å². The van der Waals surface area contributed by atoms with E-state index in [2.05, 4.69) is 6.58 Å². The molecule has 0 radical (unpaired) electrons. The second-order valence-corrected chi connectivity index (χ2v) is 5.37. The second kappa shape index (κ2) is 6.20. The van der Waals surface area contributed by atoms with Crippen LogP contribution in [0.4, 0.5) is 0 Å². The molecular weight excluding hydrogens is 308 g/mol. The van der Waals surface area contributed by atoms with Crippen molar-refractivity contribution in [2.45, 2.75) is 20.8 Å². The molecule has 0 atom stereocenters. The van der Waals surface area contributed by atoms with Gasteiger partial charge in [0.2, 0.25) is 0 Å². The van der Waals surface area contributed by atoms with Gasteiger partial charge in [-0.05, 0) is 26.8 Å². The maximum Gasteiger partial charge on any atom is 0.194 e. The van der Waals surface area contributed by atoms with Crippen molar-refractivity contribution in [3.05, 3.63) is 58.2 Å². The number of carbonyl (C=O) groups excluding carboxylic acids is 4. The highest BCUT2D eigenvalue weighted by Gasteiger charge is 2.35. The van der Waals surface area contributed by atoms with E-state index in [0.717, 1.165) is 13.0 Å². The fourth-order valence-electron chi connectivity index (χ4n) is 2.87. The monoisotopic (exact) mass is 324 g/mol. The molecule has 0 aliphatic heterocycles. The Morgan fingerprint density at radius 1 is 1.08 bits per heavy atom. The number of hydrogen-bond donors (Lipinski definition) is 1. The average molecular weight is 324 g/mol. The Hall–Kier alpha value is -3.08. The summed E-state index contributed by atoms with van der Waals surface area (Å²) >= 11 is 0. The zero-order valence-electron chi connectivity index (χ0n) is 13.6. The number of allylic oxidation sites excluding steroid dienone is 4. The predicted molar refractivity (Wildman–Crippen MR) is 89.8 cm³/mol. The van der Waals surface area contributed by atoms with Crippen LogP contribution in [0.1, 0.15) is 67.8 Å². The molecule has 1 N–H and O–H groups in total. The van der Waals surface area contributed by atoms with Crippen LogP contribution in [0.15, 0.2) is 30.4 Å². The Balaban J connectivity index is 3.07. The molecule has 0 spiro atoms. The van der Waals surface area contributed by atoms with Crippen LogP contribution in [0.3, 0.4) is 0 Å². The number of rotatable bonds is 4. The lowest BCUT2D eigenvalue weighted by Gasteiger charge is -2.22. The summed E-state index contributed by atoms with van der Waals surface area (Å²) in [6.45, 7) is 7.64. The first-order valence-electron chi connectivity index (χ1n) is 7.26. The molecule has 1 aromatic rings. The predicted octanol–water partition coefficient (Wildman–Crippen LogP) is 3.32. The van der Waals surface area contributed by atoms with Gasteiger partial charge in [0.15, 0.2) is 23.1 Å². The van der Waals surface area contributed by atoms with E-state index in [1.54, 1.807) is 13.0 Å². The third kappa shape index (κ3) is 2.44. The molecule has 1 aromatic carbocycles. The van der Waals surface area contributed by atoms with Gasteiger partial charge in [-0.2, -0.15) is 0 Å². The molecule has 5 nitrogen and oxygen atoms in total. The van der Waals surface area contributed by atoms with Gasteiger partial charge < -0.3 is 5.11 Å². The Bertz CT molecular complexity index is 882. The summed E-state index contributed by atoms with van der Waals surface area (Å²) < 4.78 is 0. The fraction of sp³-hybridized carbons (Fsp3) is 0.158. The summed E-state index contributed by atoms with van der Waals surface area (Å²) in [7, 11) is 0. The molecule has 0 aromatic heterocycles. The number of hydrogen-bond acceptors (Lipinski definition) is 5. The van der Waals surface area contributed by atoms with Crippen molar-refractivity contribution in [2.24, 2.45) is 0 Å². The zero-order chi connectivity index (χ0) is 18.2. The Morgan fingerprint density at radius 2 is 1.67 bits per heavy atom. The van der Waals surface area contributed by atoms with Gasteiger partial charge in [-0.1, -0.05) is 24.8 Å². The Labute approximate surface area is 139 Å². The number of Topliss-reactive ketones (excluding diaryl/α,β-unsaturated/α-hetero) is 3. The third-order valence-electron chi connectivity index (χ3n) is 3.79. The summed E-state index contributed by atoms with van der Waals surface area (Å²) in [5.74, 6) is -2.80. The number of carbonyl (C=O) groups is 4. The highest BCUT2D eigenvalue weighted by atomic mass is 16.3. The molecule has 5 heteroatoms. The van der Waals surface area contributed by atoms with E-state index in [4.69, 9.17) is 0 Å². The van der Waals surface area contributed by atoms with Crippen LogP contribution in [0, 0.1) is 0 Å². The quantitative estimate of drug-likeness (QED) is 0.858. The molecule has 0 amide bonds. The molecule has 2 rings (SSSR count). The van der Waals surface area contributed by atoms with E-state index < -0.39 is 28.9 Å². The SMILES string of the molecule is C=Cc1c(C(C)=O)c(O)c(C(C)=O)c2c1C(=O)C(/C=C/C)=CC2=O. The number of ketones is 4. The molecule has 1 aliphatic carbocycles. The highest BCUT2D eigenvalue weighted by molar-refractivity contribution is 6.31. The topological polar surface area (TPSA) is 88.5 Å². The number of phenols is 1. The van der Waals surface area contributed by atoms with Gasteiger partial charge in [-0.3, -0.25) is 19.2 Å². The van der Waals surface area contributed by atoms with E-state index in [1.807, 2.05) is 0 Å². The summed E-state index contributed by atoms with van der Waals surface area (Å²) in [5.41, 5.74) is -0.537. The molecule has 1 aliphatic rings. The van der Waals surface area contributed by atoms with Crippen LogP contribution < -0.4 is 0 Å². The first-order valence-corrected chi connectivity index (χ1v) is 7.26. The van der Waals surface area contributed by atoms with E-state index in [9.17, 15) is 24.3 Å². The smallest absolute Gasteiger partial charge is 0.194 e. The highest BCUT2D eigenvalue weighted by Crippen LogP contribution is 2.38. The lowest BCUT2D eigenvalue weighted by atomic mass is 9.79. The van der Waals surface area contributed by atoms with Crippen LogP contribution in [0.25, 0.3) is 6.08 Å². The molecule has 122 valence electrons. The van der Waals surface area contributed by atoms with Gasteiger partial charge in [0.05, 0.1) is 11.1 Å². The van der Waals surface area contributed by atoms with E-state index in [1.165, 1.54) is 19.1 Å². The lowest BCUT2D eigenvalue weighted by Crippen LogP contribution is -2.23. The minimum Gasteiger partial charge on any atom is -0.506 e. The minimum atomic E-state index is -0.606. The van der Waals surface area contributed by atoms with Crippen LogP contribution in [-0.2, 0) is 0 Å². The van der Waals surface area contributed by atoms with Crippen molar-refractivity contribution in [1.82, 2.24) is 0 Å². The van der Waals surface area contributed by atoms with E-state index in [0.29, 0.717) is 0 Å². The van der Waals surface area contributed by atoms with Gasteiger partial charge in [0.25, 0.3) is 0 Å². The lowest BCUT2D eigenvalue weighted by molar-refractivity contribution is 0.0970. The van der Waals surface area contributed by atoms with Gasteiger partial charge in [0.1, 0.15) is 5.75 Å².